The number of aromatic amines is 1. The van der Waals surface area contributed by atoms with Gasteiger partial charge >= 0.3 is 0 Å². The monoisotopic (exact) mass is 411 g/mol. The largest absolute Gasteiger partial charge is 0.360 e. The van der Waals surface area contributed by atoms with Crippen LogP contribution in [0.15, 0.2) is 63.1 Å². The average Bonchev–Trinajstić information content (AvgIpc) is 2.90. The SMILES string of the molecule is O=S(=O)(N/N=C/c1c[nH]c2cc(Br)ccc12)c1ccc(Cl)cc1. The van der Waals surface area contributed by atoms with E-state index in [1.54, 1.807) is 6.20 Å². The minimum atomic E-state index is -3.71. The van der Waals surface area contributed by atoms with Crippen molar-refractivity contribution >= 4 is 54.7 Å². The van der Waals surface area contributed by atoms with Crippen LogP contribution in [-0.4, -0.2) is 19.6 Å². The lowest BCUT2D eigenvalue weighted by molar-refractivity contribution is 0.584. The smallest absolute Gasteiger partial charge is 0.276 e. The summed E-state index contributed by atoms with van der Waals surface area (Å²) in [6.45, 7) is 0. The zero-order valence-electron chi connectivity index (χ0n) is 11.6. The molecular formula is C15H11BrClN3O2S. The first-order valence-corrected chi connectivity index (χ1v) is 9.18. The summed E-state index contributed by atoms with van der Waals surface area (Å²) in [5.41, 5.74) is 1.72. The Kier molecular flexibility index (Phi) is 4.43. The molecule has 0 aliphatic heterocycles. The highest BCUT2D eigenvalue weighted by atomic mass is 79.9. The van der Waals surface area contributed by atoms with Gasteiger partial charge in [0.25, 0.3) is 10.0 Å². The highest BCUT2D eigenvalue weighted by molar-refractivity contribution is 9.10. The number of nitrogens with one attached hydrogen (secondary N) is 2. The molecule has 0 bridgehead atoms. The molecule has 0 aliphatic carbocycles. The molecule has 1 heterocycles. The minimum absolute atomic E-state index is 0.0990. The van der Waals surface area contributed by atoms with Gasteiger partial charge in [-0.25, -0.2) is 4.83 Å². The number of halogens is 2. The molecule has 0 fully saturated rings. The summed E-state index contributed by atoms with van der Waals surface area (Å²) in [4.78, 5) is 5.38. The van der Waals surface area contributed by atoms with Gasteiger partial charge in [0.1, 0.15) is 0 Å². The summed E-state index contributed by atoms with van der Waals surface area (Å²) in [5.74, 6) is 0. The lowest BCUT2D eigenvalue weighted by Gasteiger charge is -2.02. The van der Waals surface area contributed by atoms with Gasteiger partial charge in [-0.2, -0.15) is 13.5 Å². The van der Waals surface area contributed by atoms with Crippen LogP contribution in [0.4, 0.5) is 0 Å². The molecular weight excluding hydrogens is 402 g/mol. The van der Waals surface area contributed by atoms with Crippen molar-refractivity contribution in [1.29, 1.82) is 0 Å². The molecule has 3 rings (SSSR count). The summed E-state index contributed by atoms with van der Waals surface area (Å²) in [6.07, 6.45) is 3.22. The first-order valence-electron chi connectivity index (χ1n) is 6.53. The van der Waals surface area contributed by atoms with Gasteiger partial charge in [0.05, 0.1) is 11.1 Å². The van der Waals surface area contributed by atoms with Gasteiger partial charge in [0.15, 0.2) is 0 Å². The van der Waals surface area contributed by atoms with Crippen LogP contribution in [0.25, 0.3) is 10.9 Å². The Morgan fingerprint density at radius 2 is 1.91 bits per heavy atom. The fourth-order valence-corrected chi connectivity index (χ4v) is 3.34. The molecule has 0 saturated carbocycles. The lowest BCUT2D eigenvalue weighted by Crippen LogP contribution is -2.18. The number of hydrazone groups is 1. The number of hydrogen-bond acceptors (Lipinski definition) is 3. The van der Waals surface area contributed by atoms with Crippen molar-refractivity contribution in [2.24, 2.45) is 5.10 Å². The van der Waals surface area contributed by atoms with E-state index < -0.39 is 10.0 Å². The van der Waals surface area contributed by atoms with Crippen molar-refractivity contribution in [2.45, 2.75) is 4.90 Å². The standard InChI is InChI=1S/C15H11BrClN3O2S/c16-11-1-6-14-10(8-18-15(14)7-11)9-19-20-23(21,22)13-4-2-12(17)3-5-13/h1-9,18,20H/b19-9+. The topological polar surface area (TPSA) is 74.3 Å². The number of sulfonamides is 1. The number of rotatable bonds is 4. The summed E-state index contributed by atoms with van der Waals surface area (Å²) < 4.78 is 25.2. The fraction of sp³-hybridized carbons (Fsp3) is 0. The summed E-state index contributed by atoms with van der Waals surface area (Å²) in [6, 6.07) is 11.6. The van der Waals surface area contributed by atoms with Gasteiger partial charge in [-0.05, 0) is 36.4 Å². The van der Waals surface area contributed by atoms with Crippen LogP contribution in [0.2, 0.25) is 5.02 Å². The van der Waals surface area contributed by atoms with E-state index in [9.17, 15) is 8.42 Å². The van der Waals surface area contributed by atoms with Crippen LogP contribution in [0, 0.1) is 0 Å². The number of H-pyrrole nitrogens is 1. The molecule has 0 aliphatic rings. The van der Waals surface area contributed by atoms with Crippen molar-refractivity contribution in [3.63, 3.8) is 0 Å². The van der Waals surface area contributed by atoms with Crippen LogP contribution < -0.4 is 4.83 Å². The van der Waals surface area contributed by atoms with E-state index in [1.165, 1.54) is 30.5 Å². The maximum Gasteiger partial charge on any atom is 0.276 e. The Labute approximate surface area is 146 Å². The molecule has 2 aromatic carbocycles. The zero-order chi connectivity index (χ0) is 16.4. The number of fused-ring (bicyclic) bond motifs is 1. The van der Waals surface area contributed by atoms with Crippen molar-refractivity contribution in [3.8, 4) is 0 Å². The number of hydrogen-bond donors (Lipinski definition) is 2. The van der Waals surface area contributed by atoms with E-state index >= 15 is 0 Å². The Balaban J connectivity index is 1.81. The third-order valence-electron chi connectivity index (χ3n) is 3.18. The van der Waals surface area contributed by atoms with Gasteiger partial charge in [0, 0.05) is 32.2 Å². The second-order valence-corrected chi connectivity index (χ2v) is 7.75. The zero-order valence-corrected chi connectivity index (χ0v) is 14.8. The van der Waals surface area contributed by atoms with E-state index in [-0.39, 0.29) is 4.90 Å². The van der Waals surface area contributed by atoms with Crippen LogP contribution >= 0.6 is 27.5 Å². The van der Waals surface area contributed by atoms with E-state index in [4.69, 9.17) is 11.6 Å². The number of aromatic nitrogens is 1. The highest BCUT2D eigenvalue weighted by Crippen LogP contribution is 2.21. The maximum atomic E-state index is 12.1. The fourth-order valence-electron chi connectivity index (χ4n) is 2.06. The van der Waals surface area contributed by atoms with Crippen molar-refractivity contribution in [3.05, 3.63) is 63.7 Å². The summed E-state index contributed by atoms with van der Waals surface area (Å²) >= 11 is 9.15. The Bertz CT molecular complexity index is 982. The predicted molar refractivity (Wildman–Crippen MR) is 95.4 cm³/mol. The molecule has 3 aromatic rings. The quantitative estimate of drug-likeness (QED) is 0.504. The molecule has 118 valence electrons. The molecule has 8 heteroatoms. The second kappa shape index (κ2) is 6.35. The minimum Gasteiger partial charge on any atom is -0.360 e. The molecule has 0 saturated heterocycles. The number of benzene rings is 2. The first-order chi connectivity index (χ1) is 11.0. The van der Waals surface area contributed by atoms with Crippen molar-refractivity contribution in [2.75, 3.05) is 0 Å². The van der Waals surface area contributed by atoms with Crippen LogP contribution in [0.1, 0.15) is 5.56 Å². The van der Waals surface area contributed by atoms with Crippen molar-refractivity contribution in [1.82, 2.24) is 9.82 Å². The molecule has 23 heavy (non-hydrogen) atoms. The Morgan fingerprint density at radius 1 is 1.17 bits per heavy atom. The van der Waals surface area contributed by atoms with Gasteiger partial charge in [-0.15, -0.1) is 0 Å². The van der Waals surface area contributed by atoms with Crippen LogP contribution in [0.3, 0.4) is 0 Å². The third-order valence-corrected chi connectivity index (χ3v) is 5.16. The van der Waals surface area contributed by atoms with E-state index in [2.05, 4.69) is 30.8 Å². The van der Waals surface area contributed by atoms with Crippen molar-refractivity contribution < 1.29 is 8.42 Å². The Hall–Kier alpha value is -1.83. The molecule has 5 nitrogen and oxygen atoms in total. The van der Waals surface area contributed by atoms with E-state index in [0.29, 0.717) is 5.02 Å². The van der Waals surface area contributed by atoms with E-state index in [1.807, 2.05) is 18.2 Å². The summed E-state index contributed by atoms with van der Waals surface area (Å²) in [7, 11) is -3.71. The molecule has 2 N–H and O–H groups in total. The predicted octanol–water partition coefficient (Wildman–Crippen LogP) is 3.90. The summed E-state index contributed by atoms with van der Waals surface area (Å²) in [5, 5.41) is 5.25. The van der Waals surface area contributed by atoms with Crippen LogP contribution in [0.5, 0.6) is 0 Å². The Morgan fingerprint density at radius 3 is 2.65 bits per heavy atom. The van der Waals surface area contributed by atoms with Crippen LogP contribution in [-0.2, 0) is 10.0 Å². The molecule has 0 amide bonds. The second-order valence-electron chi connectivity index (χ2n) is 4.74. The average molecular weight is 413 g/mol. The molecule has 1 aromatic heterocycles. The molecule has 0 unspecified atom stereocenters. The first kappa shape index (κ1) is 16.0. The third kappa shape index (κ3) is 3.57. The normalized spacial score (nSPS) is 12.1. The maximum absolute atomic E-state index is 12.1. The molecule has 0 atom stereocenters. The number of nitrogens with zero attached hydrogens (tertiary/aromatic N) is 1. The molecule has 0 radical (unpaired) electrons. The lowest BCUT2D eigenvalue weighted by atomic mass is 10.2. The van der Waals surface area contributed by atoms with Gasteiger partial charge in [0.2, 0.25) is 0 Å². The molecule has 0 spiro atoms. The highest BCUT2D eigenvalue weighted by Gasteiger charge is 2.12. The van der Waals surface area contributed by atoms with Gasteiger partial charge < -0.3 is 4.98 Å². The van der Waals surface area contributed by atoms with Gasteiger partial charge in [-0.3, -0.25) is 0 Å². The van der Waals surface area contributed by atoms with E-state index in [0.717, 1.165) is 20.9 Å². The van der Waals surface area contributed by atoms with Gasteiger partial charge in [-0.1, -0.05) is 33.6 Å².